The lowest BCUT2D eigenvalue weighted by atomic mass is 9.97. The third kappa shape index (κ3) is 5.16. The van der Waals surface area contributed by atoms with Gasteiger partial charge in [0, 0.05) is 24.6 Å². The molecule has 29 heavy (non-hydrogen) atoms. The van der Waals surface area contributed by atoms with Crippen molar-refractivity contribution in [1.82, 2.24) is 10.3 Å². The lowest BCUT2D eigenvalue weighted by Gasteiger charge is -2.13. The average molecular weight is 394 g/mol. The zero-order valence-electron chi connectivity index (χ0n) is 17.0. The second-order valence-electron chi connectivity index (χ2n) is 7.06. The van der Waals surface area contributed by atoms with Gasteiger partial charge >= 0.3 is 0 Å². The molecule has 0 radical (unpaired) electrons. The third-order valence-corrected chi connectivity index (χ3v) is 5.02. The van der Waals surface area contributed by atoms with Crippen LogP contribution < -0.4 is 20.3 Å². The van der Waals surface area contributed by atoms with Gasteiger partial charge in [-0.2, -0.15) is 0 Å². The topological polar surface area (TPSA) is 80.4 Å². The molecule has 0 bridgehead atoms. The number of methoxy groups -OCH3 is 2. The molecule has 3 rings (SSSR count). The van der Waals surface area contributed by atoms with E-state index in [1.54, 1.807) is 20.3 Å². The van der Waals surface area contributed by atoms with E-state index < -0.39 is 0 Å². The van der Waals surface area contributed by atoms with Crippen LogP contribution in [0.4, 0.5) is 0 Å². The number of ether oxygens (including phenoxy) is 2. The van der Waals surface area contributed by atoms with Gasteiger partial charge in [-0.05, 0) is 53.6 Å². The maximum absolute atomic E-state index is 12.3. The van der Waals surface area contributed by atoms with Crippen LogP contribution in [0.3, 0.4) is 0 Å². The van der Waals surface area contributed by atoms with E-state index in [0.29, 0.717) is 30.7 Å². The highest BCUT2D eigenvalue weighted by Gasteiger charge is 2.12. The molecular weight excluding hydrogens is 368 g/mol. The van der Waals surface area contributed by atoms with Gasteiger partial charge < -0.3 is 19.8 Å². The molecular formula is C23H26N2O4. The standard InChI is InChI=1S/C23H26N2O4/c1-15(16-4-7-19(28-2)8-5-16)12-22(26)24-11-10-18-13-17-6-9-20(29-3)14-21(17)25-23(18)27/h4-9,13-15H,10-12H2,1-3H3,(H,24,26)(H,25,27). The molecule has 2 aromatic carbocycles. The van der Waals surface area contributed by atoms with Gasteiger partial charge in [0.1, 0.15) is 11.5 Å². The zero-order valence-corrected chi connectivity index (χ0v) is 17.0. The van der Waals surface area contributed by atoms with Gasteiger partial charge in [0.15, 0.2) is 0 Å². The van der Waals surface area contributed by atoms with Crippen LogP contribution in [0.1, 0.15) is 30.4 Å². The van der Waals surface area contributed by atoms with Gasteiger partial charge in [0.2, 0.25) is 5.91 Å². The summed E-state index contributed by atoms with van der Waals surface area (Å²) < 4.78 is 10.3. The van der Waals surface area contributed by atoms with Crippen molar-refractivity contribution >= 4 is 16.8 Å². The van der Waals surface area contributed by atoms with Crippen LogP contribution in [0.2, 0.25) is 0 Å². The Morgan fingerprint density at radius 2 is 1.72 bits per heavy atom. The summed E-state index contributed by atoms with van der Waals surface area (Å²) in [6.07, 6.45) is 0.861. The number of rotatable bonds is 8. The minimum absolute atomic E-state index is 0.0322. The quantitative estimate of drug-likeness (QED) is 0.614. The maximum Gasteiger partial charge on any atom is 0.251 e. The summed E-state index contributed by atoms with van der Waals surface area (Å²) in [5.74, 6) is 1.55. The lowest BCUT2D eigenvalue weighted by molar-refractivity contribution is -0.121. The van der Waals surface area contributed by atoms with Crippen molar-refractivity contribution in [2.45, 2.75) is 25.7 Å². The molecule has 1 atom stereocenters. The van der Waals surface area contributed by atoms with Crippen LogP contribution in [-0.2, 0) is 11.2 Å². The molecule has 3 aromatic rings. The number of carbonyl (C=O) groups is 1. The summed E-state index contributed by atoms with van der Waals surface area (Å²) in [5.41, 5.74) is 2.32. The van der Waals surface area contributed by atoms with Crippen molar-refractivity contribution in [3.8, 4) is 11.5 Å². The fraction of sp³-hybridized carbons (Fsp3) is 0.304. The molecule has 1 aromatic heterocycles. The highest BCUT2D eigenvalue weighted by atomic mass is 16.5. The predicted molar refractivity (Wildman–Crippen MR) is 114 cm³/mol. The summed E-state index contributed by atoms with van der Waals surface area (Å²) in [6.45, 7) is 2.43. The maximum atomic E-state index is 12.3. The number of H-pyrrole nitrogens is 1. The molecule has 0 fully saturated rings. The van der Waals surface area contributed by atoms with Gasteiger partial charge in [-0.3, -0.25) is 9.59 Å². The molecule has 1 heterocycles. The van der Waals surface area contributed by atoms with E-state index in [1.807, 2.05) is 49.4 Å². The van der Waals surface area contributed by atoms with Crippen molar-refractivity contribution in [3.05, 3.63) is 70.0 Å². The first kappa shape index (κ1) is 20.5. The Balaban J connectivity index is 1.55. The number of aromatic amines is 1. The zero-order chi connectivity index (χ0) is 20.8. The molecule has 1 unspecified atom stereocenters. The van der Waals surface area contributed by atoms with E-state index >= 15 is 0 Å². The molecule has 6 nitrogen and oxygen atoms in total. The smallest absolute Gasteiger partial charge is 0.251 e. The molecule has 0 aliphatic carbocycles. The van der Waals surface area contributed by atoms with E-state index in [0.717, 1.165) is 22.2 Å². The summed E-state index contributed by atoms with van der Waals surface area (Å²) in [5, 5.41) is 3.84. The molecule has 6 heteroatoms. The number of hydrogen-bond acceptors (Lipinski definition) is 4. The normalized spacial score (nSPS) is 11.8. The number of hydrogen-bond donors (Lipinski definition) is 2. The fourth-order valence-electron chi connectivity index (χ4n) is 3.28. The molecule has 0 saturated heterocycles. The first-order valence-electron chi connectivity index (χ1n) is 9.60. The van der Waals surface area contributed by atoms with Gasteiger partial charge in [-0.25, -0.2) is 0 Å². The molecule has 152 valence electrons. The highest BCUT2D eigenvalue weighted by molar-refractivity contribution is 5.80. The van der Waals surface area contributed by atoms with Crippen LogP contribution in [-0.4, -0.2) is 31.7 Å². The molecule has 0 saturated carbocycles. The Labute approximate surface area is 169 Å². The minimum Gasteiger partial charge on any atom is -0.497 e. The second-order valence-corrected chi connectivity index (χ2v) is 7.06. The first-order valence-corrected chi connectivity index (χ1v) is 9.60. The van der Waals surface area contributed by atoms with Crippen LogP contribution in [0.15, 0.2) is 53.3 Å². The SMILES string of the molecule is COc1ccc(C(C)CC(=O)NCCc2cc3ccc(OC)cc3[nH]c2=O)cc1. The Morgan fingerprint density at radius 1 is 1.03 bits per heavy atom. The van der Waals surface area contributed by atoms with Crippen molar-refractivity contribution in [1.29, 1.82) is 0 Å². The summed E-state index contributed by atoms with van der Waals surface area (Å²) >= 11 is 0. The van der Waals surface area contributed by atoms with E-state index in [1.165, 1.54) is 0 Å². The first-order chi connectivity index (χ1) is 14.0. The van der Waals surface area contributed by atoms with Gasteiger partial charge in [-0.1, -0.05) is 19.1 Å². The number of benzene rings is 2. The monoisotopic (exact) mass is 394 g/mol. The van der Waals surface area contributed by atoms with Crippen molar-refractivity contribution in [2.24, 2.45) is 0 Å². The number of carbonyl (C=O) groups excluding carboxylic acids is 1. The Kier molecular flexibility index (Phi) is 6.54. The van der Waals surface area contributed by atoms with Crippen LogP contribution in [0.5, 0.6) is 11.5 Å². The number of fused-ring (bicyclic) bond motifs is 1. The minimum atomic E-state index is -0.147. The van der Waals surface area contributed by atoms with E-state index in [-0.39, 0.29) is 17.4 Å². The van der Waals surface area contributed by atoms with Crippen molar-refractivity contribution < 1.29 is 14.3 Å². The molecule has 2 N–H and O–H groups in total. The number of aromatic nitrogens is 1. The van der Waals surface area contributed by atoms with Gasteiger partial charge in [0.05, 0.1) is 19.7 Å². The van der Waals surface area contributed by atoms with Crippen molar-refractivity contribution in [2.75, 3.05) is 20.8 Å². The molecule has 0 aliphatic rings. The lowest BCUT2D eigenvalue weighted by Crippen LogP contribution is -2.28. The van der Waals surface area contributed by atoms with Crippen LogP contribution in [0, 0.1) is 0 Å². The van der Waals surface area contributed by atoms with Crippen LogP contribution in [0.25, 0.3) is 10.9 Å². The average Bonchev–Trinajstić information content (AvgIpc) is 2.73. The van der Waals surface area contributed by atoms with Crippen molar-refractivity contribution in [3.63, 3.8) is 0 Å². The summed E-state index contributed by atoms with van der Waals surface area (Å²) in [4.78, 5) is 27.5. The van der Waals surface area contributed by atoms with E-state index in [9.17, 15) is 9.59 Å². The Morgan fingerprint density at radius 3 is 2.41 bits per heavy atom. The van der Waals surface area contributed by atoms with E-state index in [4.69, 9.17) is 9.47 Å². The largest absolute Gasteiger partial charge is 0.497 e. The summed E-state index contributed by atoms with van der Waals surface area (Å²) in [7, 11) is 3.22. The third-order valence-electron chi connectivity index (χ3n) is 5.02. The summed E-state index contributed by atoms with van der Waals surface area (Å²) in [6, 6.07) is 15.1. The van der Waals surface area contributed by atoms with Crippen LogP contribution >= 0.6 is 0 Å². The molecule has 1 amide bonds. The van der Waals surface area contributed by atoms with Gasteiger partial charge in [-0.15, -0.1) is 0 Å². The Hall–Kier alpha value is -3.28. The number of pyridine rings is 1. The van der Waals surface area contributed by atoms with Gasteiger partial charge in [0.25, 0.3) is 5.56 Å². The molecule has 0 aliphatic heterocycles. The number of nitrogens with one attached hydrogen (secondary N) is 2. The molecule has 0 spiro atoms. The fourth-order valence-corrected chi connectivity index (χ4v) is 3.28. The number of amides is 1. The van der Waals surface area contributed by atoms with E-state index in [2.05, 4.69) is 10.3 Å². The second kappa shape index (κ2) is 9.28. The Bertz CT molecular complexity index is 1040. The highest BCUT2D eigenvalue weighted by Crippen LogP contribution is 2.22. The predicted octanol–water partition coefficient (Wildman–Crippen LogP) is 3.40.